The Morgan fingerprint density at radius 3 is 2.22 bits per heavy atom. The lowest BCUT2D eigenvalue weighted by Crippen LogP contribution is -2.48. The van der Waals surface area contributed by atoms with E-state index in [0.717, 1.165) is 6.42 Å². The van der Waals surface area contributed by atoms with E-state index >= 15 is 0 Å². The normalized spacial score (nSPS) is 20.2. The van der Waals surface area contributed by atoms with Crippen molar-refractivity contribution in [1.82, 2.24) is 10.2 Å². The van der Waals surface area contributed by atoms with Crippen molar-refractivity contribution in [3.8, 4) is 0 Å². The Kier molecular flexibility index (Phi) is 9.51. The van der Waals surface area contributed by atoms with Crippen LogP contribution in [0.15, 0.2) is 0 Å². The highest BCUT2D eigenvalue weighted by molar-refractivity contribution is 5.72. The van der Waals surface area contributed by atoms with Crippen molar-refractivity contribution in [2.75, 3.05) is 46.1 Å². The molecule has 0 aromatic carbocycles. The van der Waals surface area contributed by atoms with Gasteiger partial charge in [0.05, 0.1) is 19.8 Å². The molecule has 0 aliphatic carbocycles. The minimum atomic E-state index is -1.02. The molecule has 9 nitrogen and oxygen atoms in total. The number of carboxylic acids is 1. The van der Waals surface area contributed by atoms with E-state index in [1.54, 1.807) is 4.90 Å². The highest BCUT2D eigenvalue weighted by Crippen LogP contribution is 2.24. The van der Waals surface area contributed by atoms with Crippen LogP contribution in [0, 0.1) is 11.8 Å². The third-order valence-electron chi connectivity index (χ3n) is 3.83. The minimum Gasteiger partial charge on any atom is -0.480 e. The molecule has 0 aromatic rings. The van der Waals surface area contributed by atoms with Gasteiger partial charge in [-0.25, -0.2) is 9.59 Å². The maximum atomic E-state index is 12.4. The number of carboxylic acid groups (broad SMARTS) is 1. The summed E-state index contributed by atoms with van der Waals surface area (Å²) in [6, 6.07) is 0. The summed E-state index contributed by atoms with van der Waals surface area (Å²) in [4.78, 5) is 35.5. The Morgan fingerprint density at radius 2 is 1.70 bits per heavy atom. The number of nitrogens with zero attached hydrogens (tertiary/aromatic N) is 1. The second-order valence-corrected chi connectivity index (χ2v) is 7.82. The first-order chi connectivity index (χ1) is 12.6. The summed E-state index contributed by atoms with van der Waals surface area (Å²) in [5.74, 6) is -1.03. The van der Waals surface area contributed by atoms with Gasteiger partial charge in [0.2, 0.25) is 5.91 Å². The molecule has 1 saturated heterocycles. The molecule has 0 spiro atoms. The smallest absolute Gasteiger partial charge is 0.410 e. The summed E-state index contributed by atoms with van der Waals surface area (Å²) in [7, 11) is 0. The summed E-state index contributed by atoms with van der Waals surface area (Å²) >= 11 is 0. The van der Waals surface area contributed by atoms with Gasteiger partial charge in [-0.3, -0.25) is 4.79 Å². The van der Waals surface area contributed by atoms with Crippen LogP contribution in [0.5, 0.6) is 0 Å². The second kappa shape index (κ2) is 11.1. The quantitative estimate of drug-likeness (QED) is 0.569. The predicted octanol–water partition coefficient (Wildman–Crippen LogP) is 1.11. The van der Waals surface area contributed by atoms with E-state index in [0.29, 0.717) is 32.8 Å². The number of amides is 2. The molecule has 1 fully saturated rings. The molecular formula is C18H32N2O7. The van der Waals surface area contributed by atoms with E-state index in [2.05, 4.69) is 5.32 Å². The van der Waals surface area contributed by atoms with Crippen LogP contribution in [-0.2, 0) is 23.8 Å². The van der Waals surface area contributed by atoms with Gasteiger partial charge in [-0.2, -0.15) is 0 Å². The van der Waals surface area contributed by atoms with Gasteiger partial charge >= 0.3 is 12.1 Å². The van der Waals surface area contributed by atoms with Crippen LogP contribution in [0.3, 0.4) is 0 Å². The summed E-state index contributed by atoms with van der Waals surface area (Å²) in [5.41, 5.74) is -0.589. The van der Waals surface area contributed by atoms with Gasteiger partial charge in [0, 0.05) is 38.4 Å². The number of nitrogens with one attached hydrogen (secondary N) is 1. The topological polar surface area (TPSA) is 114 Å². The van der Waals surface area contributed by atoms with Gasteiger partial charge in [0.25, 0.3) is 0 Å². The number of likely N-dealkylation sites (tertiary alicyclic amines) is 1. The van der Waals surface area contributed by atoms with Crippen molar-refractivity contribution < 1.29 is 33.7 Å². The number of ether oxygens (including phenoxy) is 3. The highest BCUT2D eigenvalue weighted by atomic mass is 16.6. The van der Waals surface area contributed by atoms with Crippen molar-refractivity contribution in [2.45, 2.75) is 39.7 Å². The Balaban J connectivity index is 2.56. The third-order valence-corrected chi connectivity index (χ3v) is 3.83. The van der Waals surface area contributed by atoms with E-state index in [-0.39, 0.29) is 31.0 Å². The molecule has 2 unspecified atom stereocenters. The fourth-order valence-corrected chi connectivity index (χ4v) is 2.90. The van der Waals surface area contributed by atoms with Crippen LogP contribution in [0.25, 0.3) is 0 Å². The lowest BCUT2D eigenvalue weighted by Gasteiger charge is -2.38. The molecule has 156 valence electrons. The maximum Gasteiger partial charge on any atom is 0.410 e. The molecule has 27 heavy (non-hydrogen) atoms. The second-order valence-electron chi connectivity index (χ2n) is 7.82. The summed E-state index contributed by atoms with van der Waals surface area (Å²) in [6.07, 6.45) is 0.368. The number of aliphatic carboxylic acids is 1. The summed E-state index contributed by atoms with van der Waals surface area (Å²) in [6.45, 7) is 9.00. The van der Waals surface area contributed by atoms with E-state index in [1.807, 2.05) is 20.8 Å². The molecule has 2 N–H and O–H groups in total. The molecule has 1 heterocycles. The summed E-state index contributed by atoms with van der Waals surface area (Å²) < 4.78 is 16.3. The van der Waals surface area contributed by atoms with Crippen molar-refractivity contribution in [1.29, 1.82) is 0 Å². The molecule has 0 radical (unpaired) electrons. The van der Waals surface area contributed by atoms with Crippen molar-refractivity contribution in [2.24, 2.45) is 11.8 Å². The van der Waals surface area contributed by atoms with Crippen LogP contribution in [0.4, 0.5) is 4.79 Å². The molecule has 2 amide bonds. The van der Waals surface area contributed by atoms with E-state index in [9.17, 15) is 14.4 Å². The van der Waals surface area contributed by atoms with E-state index in [4.69, 9.17) is 19.3 Å². The molecule has 0 saturated carbocycles. The van der Waals surface area contributed by atoms with Crippen molar-refractivity contribution >= 4 is 18.0 Å². The monoisotopic (exact) mass is 388 g/mol. The number of rotatable bonds is 9. The van der Waals surface area contributed by atoms with Gasteiger partial charge < -0.3 is 29.5 Å². The molecule has 1 rings (SSSR count). The van der Waals surface area contributed by atoms with Crippen molar-refractivity contribution in [3.63, 3.8) is 0 Å². The fraction of sp³-hybridized carbons (Fsp3) is 0.833. The fourth-order valence-electron chi connectivity index (χ4n) is 2.90. The Bertz CT molecular complexity index is 504. The van der Waals surface area contributed by atoms with Crippen LogP contribution >= 0.6 is 0 Å². The minimum absolute atomic E-state index is 0.00885. The average Bonchev–Trinajstić information content (AvgIpc) is 2.52. The Labute approximate surface area is 160 Å². The van der Waals surface area contributed by atoms with E-state index < -0.39 is 17.7 Å². The third kappa shape index (κ3) is 10.8. The van der Waals surface area contributed by atoms with Gasteiger partial charge in [0.15, 0.2) is 0 Å². The average molecular weight is 388 g/mol. The number of hydrogen-bond donors (Lipinski definition) is 2. The van der Waals surface area contributed by atoms with E-state index in [1.165, 1.54) is 6.92 Å². The van der Waals surface area contributed by atoms with Gasteiger partial charge in [-0.1, -0.05) is 0 Å². The first-order valence-electron chi connectivity index (χ1n) is 9.16. The molecule has 0 bridgehead atoms. The molecule has 1 aliphatic rings. The highest BCUT2D eigenvalue weighted by Gasteiger charge is 2.32. The number of carbonyl (C=O) groups is 3. The zero-order valence-electron chi connectivity index (χ0n) is 16.7. The van der Waals surface area contributed by atoms with Crippen LogP contribution in [0.1, 0.15) is 34.1 Å². The predicted molar refractivity (Wildman–Crippen MR) is 97.4 cm³/mol. The van der Waals surface area contributed by atoms with Gasteiger partial charge in [0.1, 0.15) is 12.2 Å². The summed E-state index contributed by atoms with van der Waals surface area (Å²) in [5, 5.41) is 11.4. The van der Waals surface area contributed by atoms with Gasteiger partial charge in [-0.05, 0) is 27.2 Å². The van der Waals surface area contributed by atoms with Crippen LogP contribution in [-0.4, -0.2) is 79.6 Å². The number of hydrogen-bond acceptors (Lipinski definition) is 6. The zero-order valence-corrected chi connectivity index (χ0v) is 16.7. The van der Waals surface area contributed by atoms with Gasteiger partial charge in [-0.15, -0.1) is 0 Å². The first kappa shape index (κ1) is 23.2. The maximum absolute atomic E-state index is 12.4. The van der Waals surface area contributed by atoms with Crippen molar-refractivity contribution in [3.05, 3.63) is 0 Å². The largest absolute Gasteiger partial charge is 0.480 e. The number of carbonyl (C=O) groups excluding carboxylic acids is 2. The first-order valence-corrected chi connectivity index (χ1v) is 9.16. The molecule has 0 aromatic heterocycles. The van der Waals surface area contributed by atoms with Crippen LogP contribution in [0.2, 0.25) is 0 Å². The number of piperidine rings is 1. The van der Waals surface area contributed by atoms with Crippen LogP contribution < -0.4 is 5.32 Å². The SMILES string of the molecule is CC(=O)NCCOCC1CC(COCC(=O)O)CN(C(=O)OC(C)(C)C)C1. The molecule has 1 aliphatic heterocycles. The standard InChI is InChI=1S/C18H32N2O7/c1-13(21)19-5-6-25-10-14-7-15(11-26-12-16(22)23)9-20(8-14)17(24)27-18(2,3)4/h14-15H,5-12H2,1-4H3,(H,19,21)(H,22,23). The lowest BCUT2D eigenvalue weighted by molar-refractivity contribution is -0.143. The lowest BCUT2D eigenvalue weighted by atomic mass is 9.90. The Morgan fingerprint density at radius 1 is 1.11 bits per heavy atom. The Hall–Kier alpha value is -1.87. The zero-order chi connectivity index (χ0) is 20.4. The molecular weight excluding hydrogens is 356 g/mol. The molecule has 9 heteroatoms. The molecule has 2 atom stereocenters.